The van der Waals surface area contributed by atoms with Crippen molar-refractivity contribution in [1.82, 2.24) is 9.55 Å². The van der Waals surface area contributed by atoms with Crippen LogP contribution in [0.3, 0.4) is 0 Å². The maximum atomic E-state index is 12.6. The molecular formula is C17H16Cl2N2O. The Hall–Kier alpha value is -1.84. The number of rotatable bonds is 1. The van der Waals surface area contributed by atoms with Crippen molar-refractivity contribution in [3.05, 3.63) is 68.7 Å². The number of halogens is 2. The van der Waals surface area contributed by atoms with Gasteiger partial charge >= 0.3 is 0 Å². The maximum absolute atomic E-state index is 12.6. The van der Waals surface area contributed by atoms with Gasteiger partial charge in [0.05, 0.1) is 21.6 Å². The van der Waals surface area contributed by atoms with Crippen LogP contribution in [0.4, 0.5) is 0 Å². The van der Waals surface area contributed by atoms with Gasteiger partial charge in [-0.3, -0.25) is 4.79 Å². The zero-order valence-corrected chi connectivity index (χ0v) is 14.1. The molecule has 2 aromatic carbocycles. The first-order valence-electron chi connectivity index (χ1n) is 7.02. The summed E-state index contributed by atoms with van der Waals surface area (Å²) in [7, 11) is 0. The molecule has 22 heavy (non-hydrogen) atoms. The van der Waals surface area contributed by atoms with Crippen molar-refractivity contribution in [3.8, 4) is 5.69 Å². The Bertz CT molecular complexity index is 872. The molecule has 0 saturated carbocycles. The van der Waals surface area contributed by atoms with Crippen LogP contribution in [-0.2, 0) is 0 Å². The van der Waals surface area contributed by atoms with Gasteiger partial charge in [0.2, 0.25) is 5.28 Å². The van der Waals surface area contributed by atoms with Gasteiger partial charge in [0, 0.05) is 0 Å². The van der Waals surface area contributed by atoms with Crippen LogP contribution in [0.5, 0.6) is 0 Å². The number of hydrogen-bond donors (Lipinski definition) is 0. The Morgan fingerprint density at radius 2 is 1.73 bits per heavy atom. The van der Waals surface area contributed by atoms with Crippen molar-refractivity contribution in [2.75, 3.05) is 0 Å². The van der Waals surface area contributed by atoms with E-state index >= 15 is 0 Å². The van der Waals surface area contributed by atoms with Crippen molar-refractivity contribution >= 4 is 34.1 Å². The lowest BCUT2D eigenvalue weighted by atomic mass is 10.1. The van der Waals surface area contributed by atoms with Crippen molar-refractivity contribution in [2.45, 2.75) is 20.8 Å². The average Bonchev–Trinajstić information content (AvgIpc) is 2.52. The zero-order chi connectivity index (χ0) is 16.3. The van der Waals surface area contributed by atoms with E-state index in [1.54, 1.807) is 36.4 Å². The minimum atomic E-state index is -0.225. The zero-order valence-electron chi connectivity index (χ0n) is 12.6. The highest BCUT2D eigenvalue weighted by atomic mass is 35.5. The Balaban J connectivity index is 0.000000847. The Kier molecular flexibility index (Phi) is 5.22. The van der Waals surface area contributed by atoms with E-state index in [-0.39, 0.29) is 10.8 Å². The third-order valence-corrected chi connectivity index (χ3v) is 3.65. The van der Waals surface area contributed by atoms with Crippen molar-refractivity contribution in [1.29, 1.82) is 0 Å². The number of benzene rings is 2. The van der Waals surface area contributed by atoms with Gasteiger partial charge in [0.15, 0.2) is 0 Å². The summed E-state index contributed by atoms with van der Waals surface area (Å²) in [4.78, 5) is 16.9. The summed E-state index contributed by atoms with van der Waals surface area (Å²) in [5.74, 6) is 0. The SMILES string of the molecule is CC.Cc1ccc2nc(Cl)n(-c3ccccc3Cl)c(=O)c2c1. The monoisotopic (exact) mass is 334 g/mol. The second kappa shape index (κ2) is 6.95. The molecule has 0 atom stereocenters. The Labute approximate surface area is 139 Å². The van der Waals surface area contributed by atoms with Gasteiger partial charge in [-0.15, -0.1) is 0 Å². The summed E-state index contributed by atoms with van der Waals surface area (Å²) in [5.41, 5.74) is 1.87. The molecule has 0 N–H and O–H groups in total. The molecule has 0 radical (unpaired) electrons. The predicted octanol–water partition coefficient (Wildman–Crippen LogP) is 5.03. The highest BCUT2D eigenvalue weighted by Crippen LogP contribution is 2.22. The van der Waals surface area contributed by atoms with E-state index in [4.69, 9.17) is 23.2 Å². The summed E-state index contributed by atoms with van der Waals surface area (Å²) in [5, 5.41) is 1.07. The molecule has 0 bridgehead atoms. The van der Waals surface area contributed by atoms with Crippen LogP contribution < -0.4 is 5.56 Å². The van der Waals surface area contributed by atoms with E-state index in [0.717, 1.165) is 5.56 Å². The Morgan fingerprint density at radius 3 is 2.41 bits per heavy atom. The van der Waals surface area contributed by atoms with E-state index in [1.165, 1.54) is 4.57 Å². The molecular weight excluding hydrogens is 319 g/mol. The number of fused-ring (bicyclic) bond motifs is 1. The molecule has 1 heterocycles. The topological polar surface area (TPSA) is 34.9 Å². The van der Waals surface area contributed by atoms with Crippen LogP contribution in [0.1, 0.15) is 19.4 Å². The first kappa shape index (κ1) is 16.5. The molecule has 0 unspecified atom stereocenters. The van der Waals surface area contributed by atoms with Crippen LogP contribution in [0.25, 0.3) is 16.6 Å². The van der Waals surface area contributed by atoms with E-state index in [2.05, 4.69) is 4.98 Å². The van der Waals surface area contributed by atoms with Gasteiger partial charge in [0.25, 0.3) is 5.56 Å². The average molecular weight is 335 g/mol. The highest BCUT2D eigenvalue weighted by Gasteiger charge is 2.13. The lowest BCUT2D eigenvalue weighted by Crippen LogP contribution is -2.20. The van der Waals surface area contributed by atoms with Crippen LogP contribution in [0.2, 0.25) is 10.3 Å². The largest absolute Gasteiger partial charge is 0.268 e. The van der Waals surface area contributed by atoms with Crippen LogP contribution in [0.15, 0.2) is 47.3 Å². The van der Waals surface area contributed by atoms with Crippen LogP contribution in [-0.4, -0.2) is 9.55 Å². The predicted molar refractivity (Wildman–Crippen MR) is 93.4 cm³/mol. The van der Waals surface area contributed by atoms with E-state index in [0.29, 0.717) is 21.6 Å². The first-order valence-corrected chi connectivity index (χ1v) is 7.77. The minimum absolute atomic E-state index is 0.0967. The quantitative estimate of drug-likeness (QED) is 0.585. The highest BCUT2D eigenvalue weighted by molar-refractivity contribution is 6.33. The molecule has 0 amide bonds. The molecule has 0 fully saturated rings. The van der Waals surface area contributed by atoms with Gasteiger partial charge in [-0.2, -0.15) is 0 Å². The van der Waals surface area contributed by atoms with Gasteiger partial charge in [-0.1, -0.05) is 49.2 Å². The van der Waals surface area contributed by atoms with E-state index in [9.17, 15) is 4.79 Å². The minimum Gasteiger partial charge on any atom is -0.268 e. The first-order chi connectivity index (χ1) is 10.6. The lowest BCUT2D eigenvalue weighted by molar-refractivity contribution is 0.964. The van der Waals surface area contributed by atoms with Gasteiger partial charge in [0.1, 0.15) is 0 Å². The molecule has 3 rings (SSSR count). The van der Waals surface area contributed by atoms with Crippen molar-refractivity contribution in [2.24, 2.45) is 0 Å². The molecule has 0 aliphatic rings. The lowest BCUT2D eigenvalue weighted by Gasteiger charge is -2.11. The molecule has 1 aromatic heterocycles. The third kappa shape index (κ3) is 3.01. The number of aromatic nitrogens is 2. The molecule has 0 aliphatic heterocycles. The molecule has 0 saturated heterocycles. The van der Waals surface area contributed by atoms with E-state index in [1.807, 2.05) is 26.8 Å². The van der Waals surface area contributed by atoms with Crippen molar-refractivity contribution in [3.63, 3.8) is 0 Å². The number of hydrogen-bond acceptors (Lipinski definition) is 2. The molecule has 3 aromatic rings. The standard InChI is InChI=1S/C15H10Cl2N2O.C2H6/c1-9-6-7-12-10(8-9)14(20)19(15(17)18-12)13-5-3-2-4-11(13)16;1-2/h2-8H,1H3;1-2H3. The summed E-state index contributed by atoms with van der Waals surface area (Å²) in [6.07, 6.45) is 0. The van der Waals surface area contributed by atoms with Crippen LogP contribution >= 0.6 is 23.2 Å². The summed E-state index contributed by atoms with van der Waals surface area (Å²) in [6.45, 7) is 5.92. The fourth-order valence-electron chi connectivity index (χ4n) is 2.11. The fraction of sp³-hybridized carbons (Fsp3) is 0.176. The molecule has 5 heteroatoms. The number of aryl methyl sites for hydroxylation is 1. The number of para-hydroxylation sites is 1. The van der Waals surface area contributed by atoms with Crippen molar-refractivity contribution < 1.29 is 0 Å². The Morgan fingerprint density at radius 1 is 1.05 bits per heavy atom. The molecule has 3 nitrogen and oxygen atoms in total. The summed E-state index contributed by atoms with van der Waals surface area (Å²) < 4.78 is 1.33. The van der Waals surface area contributed by atoms with Gasteiger partial charge in [-0.05, 0) is 42.8 Å². The normalized spacial score (nSPS) is 10.2. The summed E-state index contributed by atoms with van der Waals surface area (Å²) >= 11 is 12.3. The second-order valence-corrected chi connectivity index (χ2v) is 5.24. The van der Waals surface area contributed by atoms with Gasteiger partial charge in [-0.25, -0.2) is 9.55 Å². The molecule has 0 spiro atoms. The molecule has 0 aliphatic carbocycles. The van der Waals surface area contributed by atoms with E-state index < -0.39 is 0 Å². The third-order valence-electron chi connectivity index (χ3n) is 3.08. The fourth-order valence-corrected chi connectivity index (χ4v) is 2.59. The van der Waals surface area contributed by atoms with Gasteiger partial charge < -0.3 is 0 Å². The smallest absolute Gasteiger partial charge is 0.266 e. The summed E-state index contributed by atoms with van der Waals surface area (Å²) in [6, 6.07) is 12.5. The maximum Gasteiger partial charge on any atom is 0.266 e. The second-order valence-electron chi connectivity index (χ2n) is 4.49. The number of nitrogens with zero attached hydrogens (tertiary/aromatic N) is 2. The molecule has 114 valence electrons. The van der Waals surface area contributed by atoms with Crippen LogP contribution in [0, 0.1) is 6.92 Å².